The van der Waals surface area contributed by atoms with Gasteiger partial charge in [0.1, 0.15) is 10.6 Å². The van der Waals surface area contributed by atoms with Crippen LogP contribution >= 0.6 is 23.1 Å². The number of furan rings is 1. The van der Waals surface area contributed by atoms with E-state index in [-0.39, 0.29) is 17.2 Å². The lowest BCUT2D eigenvalue weighted by Gasteiger charge is -2.12. The van der Waals surface area contributed by atoms with Crippen LogP contribution in [0.25, 0.3) is 15.9 Å². The second-order valence-corrected chi connectivity index (χ2v) is 7.49. The van der Waals surface area contributed by atoms with E-state index in [0.717, 1.165) is 5.69 Å². The van der Waals surface area contributed by atoms with Crippen molar-refractivity contribution in [2.45, 2.75) is 11.7 Å². The van der Waals surface area contributed by atoms with Gasteiger partial charge in [0.15, 0.2) is 5.16 Å². The third-order valence-electron chi connectivity index (χ3n) is 3.85. The number of amides is 1. The maximum Gasteiger partial charge on any atom is 0.267 e. The smallest absolute Gasteiger partial charge is 0.267 e. The Hall–Kier alpha value is -2.84. The van der Waals surface area contributed by atoms with Crippen LogP contribution in [0.2, 0.25) is 0 Å². The summed E-state index contributed by atoms with van der Waals surface area (Å²) in [6.07, 6.45) is 1.56. The minimum Gasteiger partial charge on any atom is -0.467 e. The van der Waals surface area contributed by atoms with Crippen molar-refractivity contribution >= 4 is 39.2 Å². The van der Waals surface area contributed by atoms with E-state index >= 15 is 0 Å². The van der Waals surface area contributed by atoms with Crippen LogP contribution in [0.4, 0.5) is 0 Å². The quantitative estimate of drug-likeness (QED) is 0.398. The van der Waals surface area contributed by atoms with Crippen LogP contribution in [-0.2, 0) is 11.3 Å². The fourth-order valence-corrected chi connectivity index (χ4v) is 4.22. The summed E-state index contributed by atoms with van der Waals surface area (Å²) in [5.74, 6) is 0.681. The van der Waals surface area contributed by atoms with E-state index < -0.39 is 0 Å². The minimum absolute atomic E-state index is 0.133. The SMILES string of the molecule is O=C(CSc1nc2sccc2c(=O)n1-c1ccccc1)NCc1ccco1. The summed E-state index contributed by atoms with van der Waals surface area (Å²) in [7, 11) is 0. The summed E-state index contributed by atoms with van der Waals surface area (Å²) < 4.78 is 6.76. The van der Waals surface area contributed by atoms with E-state index in [2.05, 4.69) is 10.3 Å². The van der Waals surface area contributed by atoms with Crippen molar-refractivity contribution in [2.75, 3.05) is 5.75 Å². The van der Waals surface area contributed by atoms with Gasteiger partial charge in [0, 0.05) is 0 Å². The molecule has 1 amide bonds. The van der Waals surface area contributed by atoms with Crippen molar-refractivity contribution in [1.82, 2.24) is 14.9 Å². The Morgan fingerprint density at radius 1 is 1.19 bits per heavy atom. The molecule has 4 aromatic rings. The number of rotatable bonds is 6. The van der Waals surface area contributed by atoms with Crippen molar-refractivity contribution in [3.8, 4) is 5.69 Å². The molecule has 0 aliphatic rings. The average molecular weight is 397 g/mol. The Bertz CT molecular complexity index is 1120. The number of hydrogen-bond donors (Lipinski definition) is 1. The van der Waals surface area contributed by atoms with Gasteiger partial charge < -0.3 is 9.73 Å². The van der Waals surface area contributed by atoms with E-state index in [9.17, 15) is 9.59 Å². The predicted molar refractivity (Wildman–Crippen MR) is 106 cm³/mol. The molecule has 27 heavy (non-hydrogen) atoms. The molecule has 4 rings (SSSR count). The molecule has 136 valence electrons. The minimum atomic E-state index is -0.156. The number of thioether (sulfide) groups is 1. The topological polar surface area (TPSA) is 77.1 Å². The standard InChI is InChI=1S/C19H15N3O3S2/c23-16(20-11-14-7-4-9-25-14)12-27-19-21-17-15(8-10-26-17)18(24)22(19)13-5-2-1-3-6-13/h1-10H,11-12H2,(H,20,23). The molecular weight excluding hydrogens is 382 g/mol. The van der Waals surface area contributed by atoms with Crippen molar-refractivity contribution in [2.24, 2.45) is 0 Å². The first-order chi connectivity index (χ1) is 13.2. The molecule has 0 radical (unpaired) electrons. The molecule has 8 heteroatoms. The summed E-state index contributed by atoms with van der Waals surface area (Å²) in [6, 6.07) is 14.7. The number of nitrogens with zero attached hydrogens (tertiary/aromatic N) is 2. The first-order valence-corrected chi connectivity index (χ1v) is 10.1. The van der Waals surface area contributed by atoms with Gasteiger partial charge in [-0.15, -0.1) is 11.3 Å². The Morgan fingerprint density at radius 3 is 2.81 bits per heavy atom. The molecule has 0 aliphatic heterocycles. The van der Waals surface area contributed by atoms with Crippen molar-refractivity contribution < 1.29 is 9.21 Å². The number of fused-ring (bicyclic) bond motifs is 1. The highest BCUT2D eigenvalue weighted by atomic mass is 32.2. The van der Waals surface area contributed by atoms with Gasteiger partial charge >= 0.3 is 0 Å². The summed E-state index contributed by atoms with van der Waals surface area (Å²) in [5, 5.41) is 5.72. The highest BCUT2D eigenvalue weighted by molar-refractivity contribution is 7.99. The van der Waals surface area contributed by atoms with Gasteiger partial charge in [0.2, 0.25) is 5.91 Å². The maximum atomic E-state index is 12.9. The summed E-state index contributed by atoms with van der Waals surface area (Å²) in [6.45, 7) is 0.329. The number of para-hydroxylation sites is 1. The van der Waals surface area contributed by atoms with E-state index in [1.54, 1.807) is 29.0 Å². The Morgan fingerprint density at radius 2 is 2.04 bits per heavy atom. The third kappa shape index (κ3) is 3.81. The first-order valence-electron chi connectivity index (χ1n) is 8.20. The zero-order valence-electron chi connectivity index (χ0n) is 14.1. The third-order valence-corrected chi connectivity index (χ3v) is 5.60. The Balaban J connectivity index is 1.59. The van der Waals surface area contributed by atoms with Gasteiger partial charge in [-0.2, -0.15) is 0 Å². The normalized spacial score (nSPS) is 11.0. The monoisotopic (exact) mass is 397 g/mol. The molecule has 0 atom stereocenters. The molecule has 0 fully saturated rings. The summed E-state index contributed by atoms with van der Waals surface area (Å²) in [5.41, 5.74) is 0.590. The fourth-order valence-electron chi connectivity index (χ4n) is 2.58. The molecule has 0 saturated carbocycles. The number of hydrogen-bond acceptors (Lipinski definition) is 6. The van der Waals surface area contributed by atoms with Crippen molar-refractivity contribution in [3.05, 3.63) is 76.3 Å². The second kappa shape index (κ2) is 7.81. The largest absolute Gasteiger partial charge is 0.467 e. The lowest BCUT2D eigenvalue weighted by Crippen LogP contribution is -2.26. The van der Waals surface area contributed by atoms with Crippen molar-refractivity contribution in [3.63, 3.8) is 0 Å². The van der Waals surface area contributed by atoms with Gasteiger partial charge in [-0.3, -0.25) is 14.2 Å². The number of carbonyl (C=O) groups is 1. The van der Waals surface area contributed by atoms with Crippen LogP contribution in [0, 0.1) is 0 Å². The molecule has 0 aliphatic carbocycles. The fraction of sp³-hybridized carbons (Fsp3) is 0.105. The highest BCUT2D eigenvalue weighted by Gasteiger charge is 2.15. The molecular formula is C19H15N3O3S2. The van der Waals surface area contributed by atoms with E-state index in [4.69, 9.17) is 4.42 Å². The molecule has 0 saturated heterocycles. The number of benzene rings is 1. The first kappa shape index (κ1) is 17.6. The summed E-state index contributed by atoms with van der Waals surface area (Å²) in [4.78, 5) is 30.4. The molecule has 3 aromatic heterocycles. The Labute approximate surface area is 162 Å². The second-order valence-electron chi connectivity index (χ2n) is 5.65. The van der Waals surface area contributed by atoms with Crippen LogP contribution in [0.3, 0.4) is 0 Å². The number of thiophene rings is 1. The molecule has 0 unspecified atom stereocenters. The molecule has 0 spiro atoms. The molecule has 0 bridgehead atoms. The predicted octanol–water partition coefficient (Wildman–Crippen LogP) is 3.45. The van der Waals surface area contributed by atoms with Gasteiger partial charge in [-0.1, -0.05) is 30.0 Å². The molecule has 6 nitrogen and oxygen atoms in total. The average Bonchev–Trinajstić information content (AvgIpc) is 3.37. The van der Waals surface area contributed by atoms with E-state index in [1.807, 2.05) is 35.7 Å². The highest BCUT2D eigenvalue weighted by Crippen LogP contribution is 2.23. The number of aromatic nitrogens is 2. The molecule has 1 N–H and O–H groups in total. The van der Waals surface area contributed by atoms with Gasteiger partial charge in [0.25, 0.3) is 5.56 Å². The molecule has 3 heterocycles. The van der Waals surface area contributed by atoms with Crippen LogP contribution < -0.4 is 10.9 Å². The lowest BCUT2D eigenvalue weighted by atomic mass is 10.3. The Kier molecular flexibility index (Phi) is 5.08. The van der Waals surface area contributed by atoms with Gasteiger partial charge in [-0.05, 0) is 35.7 Å². The lowest BCUT2D eigenvalue weighted by molar-refractivity contribution is -0.118. The number of carbonyl (C=O) groups excluding carboxylic acids is 1. The summed E-state index contributed by atoms with van der Waals surface area (Å²) >= 11 is 2.65. The van der Waals surface area contributed by atoms with Gasteiger partial charge in [0.05, 0.1) is 29.6 Å². The van der Waals surface area contributed by atoms with E-state index in [0.29, 0.717) is 27.7 Å². The van der Waals surface area contributed by atoms with Crippen molar-refractivity contribution in [1.29, 1.82) is 0 Å². The van der Waals surface area contributed by atoms with Crippen LogP contribution in [0.1, 0.15) is 5.76 Å². The van der Waals surface area contributed by atoms with Crippen LogP contribution in [0.15, 0.2) is 74.5 Å². The van der Waals surface area contributed by atoms with E-state index in [1.165, 1.54) is 23.1 Å². The zero-order chi connectivity index (χ0) is 18.6. The van der Waals surface area contributed by atoms with Gasteiger partial charge in [-0.25, -0.2) is 4.98 Å². The van der Waals surface area contributed by atoms with Crippen LogP contribution in [0.5, 0.6) is 0 Å². The zero-order valence-corrected chi connectivity index (χ0v) is 15.8. The molecule has 1 aromatic carbocycles. The van der Waals surface area contributed by atoms with Crippen LogP contribution in [-0.4, -0.2) is 21.2 Å². The maximum absolute atomic E-state index is 12.9. The number of nitrogens with one attached hydrogen (secondary N) is 1.